The molecule has 0 bridgehead atoms. The zero-order chi connectivity index (χ0) is 20.7. The molecule has 158 valence electrons. The van der Waals surface area contributed by atoms with Crippen LogP contribution in [0.5, 0.6) is 0 Å². The molecule has 1 aliphatic rings. The third-order valence-electron chi connectivity index (χ3n) is 4.65. The number of hydrogen-bond acceptors (Lipinski definition) is 5. The predicted octanol–water partition coefficient (Wildman–Crippen LogP) is 2.51. The van der Waals surface area contributed by atoms with E-state index in [1.807, 2.05) is 41.5 Å². The van der Waals surface area contributed by atoms with Crippen molar-refractivity contribution in [3.8, 4) is 0 Å². The van der Waals surface area contributed by atoms with Crippen molar-refractivity contribution >= 4 is 11.9 Å². The molecular formula is C20H36N6O2. The van der Waals surface area contributed by atoms with E-state index in [0.29, 0.717) is 18.3 Å². The third-order valence-corrected chi connectivity index (χ3v) is 4.65. The summed E-state index contributed by atoms with van der Waals surface area (Å²) in [7, 11) is 0. The Balaban J connectivity index is 1.96. The van der Waals surface area contributed by atoms with Crippen LogP contribution in [0.25, 0.3) is 0 Å². The highest BCUT2D eigenvalue weighted by molar-refractivity contribution is 5.81. The number of carbonyl (C=O) groups excluding carboxylic acids is 1. The largest absolute Gasteiger partial charge is 0.357 e. The van der Waals surface area contributed by atoms with Crippen molar-refractivity contribution in [2.24, 2.45) is 10.9 Å². The molecule has 1 fully saturated rings. The number of hydrogen-bond donors (Lipinski definition) is 3. The van der Waals surface area contributed by atoms with E-state index >= 15 is 0 Å². The quantitative estimate of drug-likeness (QED) is 0.507. The van der Waals surface area contributed by atoms with Crippen molar-refractivity contribution in [2.75, 3.05) is 6.54 Å². The Kier molecular flexibility index (Phi) is 7.83. The average molecular weight is 393 g/mol. The van der Waals surface area contributed by atoms with E-state index in [1.54, 1.807) is 0 Å². The van der Waals surface area contributed by atoms with Gasteiger partial charge in [0, 0.05) is 30.0 Å². The fraction of sp³-hybridized carbons (Fsp3) is 0.800. The SMILES string of the molecule is CCNC(=NCc1noc(C(C)(C)C)n1)NC1CCCC(C(=O)NC(C)C)C1. The maximum Gasteiger partial charge on any atom is 0.232 e. The van der Waals surface area contributed by atoms with Crippen LogP contribution in [0.2, 0.25) is 0 Å². The Labute approximate surface area is 168 Å². The number of aliphatic imine (C=N–C) groups is 1. The van der Waals surface area contributed by atoms with Crippen molar-refractivity contribution in [2.45, 2.75) is 91.3 Å². The van der Waals surface area contributed by atoms with Gasteiger partial charge in [-0.3, -0.25) is 4.79 Å². The second-order valence-electron chi connectivity index (χ2n) is 8.83. The summed E-state index contributed by atoms with van der Waals surface area (Å²) in [6, 6.07) is 0.400. The molecule has 0 radical (unpaired) electrons. The van der Waals surface area contributed by atoms with Gasteiger partial charge in [-0.05, 0) is 40.0 Å². The van der Waals surface area contributed by atoms with E-state index in [2.05, 4.69) is 31.1 Å². The van der Waals surface area contributed by atoms with Crippen LogP contribution in [-0.4, -0.2) is 40.6 Å². The fourth-order valence-electron chi connectivity index (χ4n) is 3.25. The van der Waals surface area contributed by atoms with Crippen LogP contribution >= 0.6 is 0 Å². The monoisotopic (exact) mass is 392 g/mol. The molecule has 1 aromatic heterocycles. The molecule has 3 N–H and O–H groups in total. The smallest absolute Gasteiger partial charge is 0.232 e. The first-order chi connectivity index (χ1) is 13.2. The van der Waals surface area contributed by atoms with Crippen LogP contribution in [0.15, 0.2) is 9.52 Å². The van der Waals surface area contributed by atoms with E-state index in [9.17, 15) is 4.79 Å². The first-order valence-electron chi connectivity index (χ1n) is 10.4. The molecule has 0 aromatic carbocycles. The molecule has 0 spiro atoms. The first kappa shape index (κ1) is 22.2. The Hall–Kier alpha value is -2.12. The lowest BCUT2D eigenvalue weighted by Crippen LogP contribution is -2.47. The van der Waals surface area contributed by atoms with Crippen molar-refractivity contribution < 1.29 is 9.32 Å². The van der Waals surface area contributed by atoms with Crippen molar-refractivity contribution in [3.05, 3.63) is 11.7 Å². The van der Waals surface area contributed by atoms with Gasteiger partial charge in [-0.15, -0.1) is 0 Å². The zero-order valence-corrected chi connectivity index (χ0v) is 18.1. The molecule has 2 rings (SSSR count). The number of rotatable bonds is 6. The molecule has 1 heterocycles. The van der Waals surface area contributed by atoms with E-state index < -0.39 is 0 Å². The number of amides is 1. The van der Waals surface area contributed by atoms with Gasteiger partial charge < -0.3 is 20.5 Å². The minimum atomic E-state index is -0.175. The van der Waals surface area contributed by atoms with Crippen molar-refractivity contribution in [3.63, 3.8) is 0 Å². The van der Waals surface area contributed by atoms with Crippen LogP contribution in [0, 0.1) is 5.92 Å². The maximum atomic E-state index is 12.3. The van der Waals surface area contributed by atoms with Gasteiger partial charge in [-0.25, -0.2) is 4.99 Å². The number of nitrogens with one attached hydrogen (secondary N) is 3. The Bertz CT molecular complexity index is 662. The van der Waals surface area contributed by atoms with E-state index in [1.165, 1.54) is 0 Å². The summed E-state index contributed by atoms with van der Waals surface area (Å²) >= 11 is 0. The van der Waals surface area contributed by atoms with Gasteiger partial charge in [0.15, 0.2) is 11.8 Å². The Morgan fingerprint density at radius 3 is 2.68 bits per heavy atom. The van der Waals surface area contributed by atoms with E-state index in [-0.39, 0.29) is 29.3 Å². The molecule has 28 heavy (non-hydrogen) atoms. The third kappa shape index (κ3) is 6.80. The van der Waals surface area contributed by atoms with Crippen LogP contribution in [0.3, 0.4) is 0 Å². The predicted molar refractivity (Wildman–Crippen MR) is 110 cm³/mol. The molecule has 1 aromatic rings. The Morgan fingerprint density at radius 1 is 1.32 bits per heavy atom. The highest BCUT2D eigenvalue weighted by atomic mass is 16.5. The molecular weight excluding hydrogens is 356 g/mol. The lowest BCUT2D eigenvalue weighted by atomic mass is 9.85. The molecule has 1 saturated carbocycles. The minimum absolute atomic E-state index is 0.0584. The van der Waals surface area contributed by atoms with Crippen LogP contribution in [-0.2, 0) is 16.8 Å². The van der Waals surface area contributed by atoms with Crippen LogP contribution in [0.4, 0.5) is 0 Å². The first-order valence-corrected chi connectivity index (χ1v) is 10.4. The van der Waals surface area contributed by atoms with Gasteiger partial charge in [-0.2, -0.15) is 4.98 Å². The van der Waals surface area contributed by atoms with Crippen molar-refractivity contribution in [1.82, 2.24) is 26.1 Å². The second-order valence-corrected chi connectivity index (χ2v) is 8.83. The molecule has 0 saturated heterocycles. The summed E-state index contributed by atoms with van der Waals surface area (Å²) in [6.07, 6.45) is 3.83. The van der Waals surface area contributed by atoms with Crippen LogP contribution in [0.1, 0.15) is 78.9 Å². The van der Waals surface area contributed by atoms with Gasteiger partial charge >= 0.3 is 0 Å². The lowest BCUT2D eigenvalue weighted by Gasteiger charge is -2.30. The molecule has 0 aliphatic heterocycles. The molecule has 1 amide bonds. The number of guanidine groups is 1. The standard InChI is InChI=1S/C20H36N6O2/c1-7-21-19(22-12-16-25-18(28-26-16)20(4,5)6)24-15-10-8-9-14(11-15)17(27)23-13(2)3/h13-15H,7-12H2,1-6H3,(H,23,27)(H2,21,22,24). The summed E-state index contributed by atoms with van der Waals surface area (Å²) in [5, 5.41) is 13.8. The number of carbonyl (C=O) groups is 1. The highest BCUT2D eigenvalue weighted by Gasteiger charge is 2.28. The summed E-state index contributed by atoms with van der Waals surface area (Å²) < 4.78 is 5.33. The lowest BCUT2D eigenvalue weighted by molar-refractivity contribution is -0.126. The maximum absolute atomic E-state index is 12.3. The van der Waals surface area contributed by atoms with E-state index in [0.717, 1.165) is 38.2 Å². The molecule has 1 aliphatic carbocycles. The van der Waals surface area contributed by atoms with Gasteiger partial charge in [0.2, 0.25) is 11.8 Å². The van der Waals surface area contributed by atoms with Gasteiger partial charge in [0.1, 0.15) is 6.54 Å². The molecule has 2 atom stereocenters. The number of nitrogens with zero attached hydrogens (tertiary/aromatic N) is 3. The zero-order valence-electron chi connectivity index (χ0n) is 18.1. The average Bonchev–Trinajstić information content (AvgIpc) is 3.09. The second kappa shape index (κ2) is 9.89. The van der Waals surface area contributed by atoms with Gasteiger partial charge in [0.05, 0.1) is 0 Å². The minimum Gasteiger partial charge on any atom is -0.357 e. The topological polar surface area (TPSA) is 104 Å². The summed E-state index contributed by atoms with van der Waals surface area (Å²) in [5.41, 5.74) is -0.175. The summed E-state index contributed by atoms with van der Waals surface area (Å²) in [5.74, 6) is 2.12. The molecule has 8 nitrogen and oxygen atoms in total. The van der Waals surface area contributed by atoms with Gasteiger partial charge in [0.25, 0.3) is 0 Å². The molecule has 8 heteroatoms. The normalized spacial score (nSPS) is 20.9. The van der Waals surface area contributed by atoms with Gasteiger partial charge in [-0.1, -0.05) is 32.3 Å². The highest BCUT2D eigenvalue weighted by Crippen LogP contribution is 2.24. The Morgan fingerprint density at radius 2 is 2.07 bits per heavy atom. The molecule has 2 unspecified atom stereocenters. The number of aromatic nitrogens is 2. The van der Waals surface area contributed by atoms with Crippen LogP contribution < -0.4 is 16.0 Å². The fourth-order valence-corrected chi connectivity index (χ4v) is 3.25. The summed E-state index contributed by atoms with van der Waals surface area (Å²) in [4.78, 5) is 21.4. The van der Waals surface area contributed by atoms with Crippen molar-refractivity contribution in [1.29, 1.82) is 0 Å². The summed E-state index contributed by atoms with van der Waals surface area (Å²) in [6.45, 7) is 13.2. The van der Waals surface area contributed by atoms with E-state index in [4.69, 9.17) is 4.52 Å².